The van der Waals surface area contributed by atoms with Crippen LogP contribution in [0.4, 0.5) is 5.69 Å². The van der Waals surface area contributed by atoms with Crippen molar-refractivity contribution in [2.75, 3.05) is 38.4 Å². The second-order valence-corrected chi connectivity index (χ2v) is 8.41. The molecule has 1 rings (SSSR count). The molecule has 1 unspecified atom stereocenters. The van der Waals surface area contributed by atoms with E-state index in [0.29, 0.717) is 36.4 Å². The third kappa shape index (κ3) is 6.39. The van der Waals surface area contributed by atoms with Gasteiger partial charge in [0, 0.05) is 46.6 Å². The molecule has 0 aliphatic carbocycles. The molecular weight excluding hydrogens is 326 g/mol. The molecule has 0 aromatic heterocycles. The summed E-state index contributed by atoms with van der Waals surface area (Å²) in [5.74, 6) is 2.55. The highest BCUT2D eigenvalue weighted by molar-refractivity contribution is 7.86. The van der Waals surface area contributed by atoms with Gasteiger partial charge in [-0.1, -0.05) is 0 Å². The van der Waals surface area contributed by atoms with Crippen LogP contribution in [0.15, 0.2) is 23.2 Å². The molecule has 0 amide bonds. The zero-order valence-corrected chi connectivity index (χ0v) is 16.3. The second kappa shape index (κ2) is 9.52. The molecule has 1 aromatic carbocycles. The Balaban J connectivity index is 2.66. The lowest BCUT2D eigenvalue weighted by Crippen LogP contribution is -2.36. The Kier molecular flexibility index (Phi) is 8.04. The minimum atomic E-state index is -0.895. The Morgan fingerprint density at radius 1 is 1.29 bits per heavy atom. The number of aliphatic imine (C=N–C) groups is 1. The number of ether oxygens (including phenoxy) is 2. The molecule has 0 aliphatic heterocycles. The molecule has 0 radical (unpaired) electrons. The van der Waals surface area contributed by atoms with E-state index in [1.54, 1.807) is 14.2 Å². The topological polar surface area (TPSA) is 72.0 Å². The third-order valence-corrected chi connectivity index (χ3v) is 5.15. The summed E-state index contributed by atoms with van der Waals surface area (Å²) in [6.45, 7) is 8.99. The third-order valence-electron chi connectivity index (χ3n) is 3.21. The summed E-state index contributed by atoms with van der Waals surface area (Å²) in [4.78, 5) is 4.18. The number of anilines is 1. The molecule has 0 saturated carbocycles. The summed E-state index contributed by atoms with van der Waals surface area (Å²) in [6.07, 6.45) is 0. The minimum Gasteiger partial charge on any atom is -0.493 e. The molecule has 24 heavy (non-hydrogen) atoms. The zero-order valence-electron chi connectivity index (χ0n) is 15.4. The summed E-state index contributed by atoms with van der Waals surface area (Å²) < 4.78 is 22.7. The van der Waals surface area contributed by atoms with Crippen molar-refractivity contribution >= 4 is 22.4 Å². The number of nitrogens with one attached hydrogen (secondary N) is 2. The standard InChI is InChI=1S/C17H29N3O3S/c1-7-23-15-12-13(8-9-14(15)22-6)20-16(18-5)19-10-11-24(21)17(2,3)4/h8-9,12H,7,10-11H2,1-6H3,(H2,18,19,20). The summed E-state index contributed by atoms with van der Waals surface area (Å²) in [5, 5.41) is 6.37. The van der Waals surface area contributed by atoms with Crippen LogP contribution < -0.4 is 20.1 Å². The van der Waals surface area contributed by atoms with Gasteiger partial charge in [-0.3, -0.25) is 9.20 Å². The van der Waals surface area contributed by atoms with Gasteiger partial charge in [-0.15, -0.1) is 0 Å². The highest BCUT2D eigenvalue weighted by Crippen LogP contribution is 2.30. The van der Waals surface area contributed by atoms with Gasteiger partial charge < -0.3 is 20.1 Å². The average Bonchev–Trinajstić information content (AvgIpc) is 2.53. The first-order chi connectivity index (χ1) is 11.3. The number of nitrogens with zero attached hydrogens (tertiary/aromatic N) is 1. The van der Waals surface area contributed by atoms with E-state index in [4.69, 9.17) is 9.47 Å². The SMILES string of the molecule is CCOc1cc(NC(=NC)NCCS(=O)C(C)(C)C)ccc1OC. The fourth-order valence-corrected chi connectivity index (χ4v) is 2.81. The fourth-order valence-electron chi connectivity index (χ4n) is 1.91. The van der Waals surface area contributed by atoms with Crippen LogP contribution in [0, 0.1) is 0 Å². The molecule has 2 N–H and O–H groups in total. The second-order valence-electron chi connectivity index (χ2n) is 6.08. The maximum absolute atomic E-state index is 12.1. The van der Waals surface area contributed by atoms with Crippen molar-refractivity contribution < 1.29 is 13.7 Å². The Hall–Kier alpha value is -1.76. The predicted octanol–water partition coefficient (Wildman–Crippen LogP) is 2.63. The maximum Gasteiger partial charge on any atom is 0.195 e. The van der Waals surface area contributed by atoms with Crippen molar-refractivity contribution in [1.29, 1.82) is 0 Å². The molecular formula is C17H29N3O3S. The number of methoxy groups -OCH3 is 1. The summed E-state index contributed by atoms with van der Waals surface area (Å²) >= 11 is 0. The molecule has 1 atom stereocenters. The van der Waals surface area contributed by atoms with Crippen LogP contribution in [0.1, 0.15) is 27.7 Å². The van der Waals surface area contributed by atoms with Gasteiger partial charge in [0.1, 0.15) is 0 Å². The quantitative estimate of drug-likeness (QED) is 0.581. The monoisotopic (exact) mass is 355 g/mol. The van der Waals surface area contributed by atoms with E-state index in [0.717, 1.165) is 5.69 Å². The first kappa shape index (κ1) is 20.3. The first-order valence-corrected chi connectivity index (χ1v) is 9.30. The molecule has 1 aromatic rings. The van der Waals surface area contributed by atoms with Crippen LogP contribution in [0.5, 0.6) is 11.5 Å². The first-order valence-electron chi connectivity index (χ1n) is 7.98. The van der Waals surface area contributed by atoms with Crippen LogP contribution in [0.2, 0.25) is 0 Å². The van der Waals surface area contributed by atoms with E-state index >= 15 is 0 Å². The maximum atomic E-state index is 12.1. The van der Waals surface area contributed by atoms with Gasteiger partial charge >= 0.3 is 0 Å². The van der Waals surface area contributed by atoms with Crippen LogP contribution in [-0.2, 0) is 10.8 Å². The van der Waals surface area contributed by atoms with Crippen LogP contribution in [-0.4, -0.2) is 48.0 Å². The molecule has 0 saturated heterocycles. The number of rotatable bonds is 7. The highest BCUT2D eigenvalue weighted by Gasteiger charge is 2.18. The molecule has 0 heterocycles. The number of hydrogen-bond acceptors (Lipinski definition) is 4. The van der Waals surface area contributed by atoms with Gasteiger partial charge in [0.15, 0.2) is 17.5 Å². The van der Waals surface area contributed by atoms with Crippen molar-refractivity contribution in [2.45, 2.75) is 32.4 Å². The largest absolute Gasteiger partial charge is 0.493 e. The number of guanidine groups is 1. The molecule has 0 spiro atoms. The Labute approximate surface area is 147 Å². The van der Waals surface area contributed by atoms with Crippen LogP contribution in [0.3, 0.4) is 0 Å². The summed E-state index contributed by atoms with van der Waals surface area (Å²) in [6, 6.07) is 5.60. The van der Waals surface area contributed by atoms with E-state index < -0.39 is 10.8 Å². The minimum absolute atomic E-state index is 0.207. The Bertz CT molecular complexity index is 583. The van der Waals surface area contributed by atoms with Gasteiger partial charge in [0.05, 0.1) is 13.7 Å². The van der Waals surface area contributed by atoms with E-state index in [9.17, 15) is 4.21 Å². The van der Waals surface area contributed by atoms with E-state index in [1.807, 2.05) is 45.9 Å². The lowest BCUT2D eigenvalue weighted by molar-refractivity contribution is 0.311. The molecule has 136 valence electrons. The summed E-state index contributed by atoms with van der Waals surface area (Å²) in [7, 11) is 2.41. The lowest BCUT2D eigenvalue weighted by atomic mass is 10.2. The molecule has 7 heteroatoms. The van der Waals surface area contributed by atoms with Crippen molar-refractivity contribution in [2.24, 2.45) is 4.99 Å². The van der Waals surface area contributed by atoms with Gasteiger partial charge in [-0.2, -0.15) is 0 Å². The van der Waals surface area contributed by atoms with Gasteiger partial charge in [0.2, 0.25) is 0 Å². The van der Waals surface area contributed by atoms with E-state index in [-0.39, 0.29) is 4.75 Å². The smallest absolute Gasteiger partial charge is 0.195 e. The van der Waals surface area contributed by atoms with Crippen LogP contribution in [0.25, 0.3) is 0 Å². The molecule has 0 bridgehead atoms. The Morgan fingerprint density at radius 3 is 2.54 bits per heavy atom. The molecule has 0 aliphatic rings. The fraction of sp³-hybridized carbons (Fsp3) is 0.588. The van der Waals surface area contributed by atoms with Crippen molar-refractivity contribution in [3.8, 4) is 11.5 Å². The van der Waals surface area contributed by atoms with Crippen molar-refractivity contribution in [1.82, 2.24) is 5.32 Å². The molecule has 0 fully saturated rings. The van der Waals surface area contributed by atoms with Gasteiger partial charge in [-0.25, -0.2) is 0 Å². The number of benzene rings is 1. The lowest BCUT2D eigenvalue weighted by Gasteiger charge is -2.18. The predicted molar refractivity (Wildman–Crippen MR) is 102 cm³/mol. The van der Waals surface area contributed by atoms with Gasteiger partial charge in [-0.05, 0) is 39.8 Å². The summed E-state index contributed by atoms with van der Waals surface area (Å²) in [5.41, 5.74) is 0.837. The van der Waals surface area contributed by atoms with Crippen LogP contribution >= 0.6 is 0 Å². The normalized spacial score (nSPS) is 13.3. The Morgan fingerprint density at radius 2 is 2.00 bits per heavy atom. The zero-order chi connectivity index (χ0) is 18.2. The van der Waals surface area contributed by atoms with E-state index in [2.05, 4.69) is 15.6 Å². The van der Waals surface area contributed by atoms with Gasteiger partial charge in [0.25, 0.3) is 0 Å². The molecule has 6 nitrogen and oxygen atoms in total. The average molecular weight is 356 g/mol. The van der Waals surface area contributed by atoms with Crippen molar-refractivity contribution in [3.63, 3.8) is 0 Å². The van der Waals surface area contributed by atoms with E-state index in [1.165, 1.54) is 0 Å². The van der Waals surface area contributed by atoms with Crippen molar-refractivity contribution in [3.05, 3.63) is 18.2 Å². The highest BCUT2D eigenvalue weighted by atomic mass is 32.2. The number of hydrogen-bond donors (Lipinski definition) is 2.